The van der Waals surface area contributed by atoms with Crippen molar-refractivity contribution in [2.45, 2.75) is 27.4 Å². The highest BCUT2D eigenvalue weighted by atomic mass is 35.5. The van der Waals surface area contributed by atoms with Crippen LogP contribution >= 0.6 is 23.2 Å². The summed E-state index contributed by atoms with van der Waals surface area (Å²) in [4.78, 5) is 27.9. The van der Waals surface area contributed by atoms with Gasteiger partial charge in [-0.2, -0.15) is 0 Å². The second-order valence-corrected chi connectivity index (χ2v) is 9.96. The second-order valence-electron chi connectivity index (χ2n) is 9.17. The number of piperazine rings is 1. The molecule has 11 heteroatoms. The molecule has 0 spiro atoms. The first-order valence-corrected chi connectivity index (χ1v) is 14.4. The van der Waals surface area contributed by atoms with Gasteiger partial charge in [-0.05, 0) is 51.2 Å². The summed E-state index contributed by atoms with van der Waals surface area (Å²) in [6, 6.07) is 7.55. The van der Waals surface area contributed by atoms with E-state index >= 15 is 0 Å². The maximum absolute atomic E-state index is 12.8. The number of nitrogens with one attached hydrogen (secondary N) is 1. The first-order chi connectivity index (χ1) is 19.3. The van der Waals surface area contributed by atoms with Crippen molar-refractivity contribution in [3.05, 3.63) is 76.1 Å². The van der Waals surface area contributed by atoms with Gasteiger partial charge in [0.2, 0.25) is 5.91 Å². The quantitative estimate of drug-likeness (QED) is 0.307. The van der Waals surface area contributed by atoms with Gasteiger partial charge in [-0.15, -0.1) is 0 Å². The number of anilines is 1. The van der Waals surface area contributed by atoms with Crippen LogP contribution in [0.15, 0.2) is 65.5 Å². The molecule has 0 bridgehead atoms. The summed E-state index contributed by atoms with van der Waals surface area (Å²) in [6.45, 7) is 11.9. The number of halogens is 2. The second kappa shape index (κ2) is 18.6. The molecule has 40 heavy (non-hydrogen) atoms. The van der Waals surface area contributed by atoms with Crippen molar-refractivity contribution in [1.82, 2.24) is 24.7 Å². The van der Waals surface area contributed by atoms with E-state index in [9.17, 15) is 4.79 Å². The van der Waals surface area contributed by atoms with Gasteiger partial charge in [0.05, 0.1) is 30.5 Å². The van der Waals surface area contributed by atoms with Crippen molar-refractivity contribution >= 4 is 34.8 Å². The number of aromatic nitrogens is 2. The Bertz CT molecular complexity index is 1170. The molecule has 3 rings (SSSR count). The van der Waals surface area contributed by atoms with Gasteiger partial charge >= 0.3 is 0 Å². The number of aliphatic hydroxyl groups is 1. The third-order valence-corrected chi connectivity index (χ3v) is 6.99. The van der Waals surface area contributed by atoms with E-state index in [1.807, 2.05) is 40.7 Å². The minimum atomic E-state index is 0.0602. The number of allylic oxidation sites excluding steroid dienone is 1. The zero-order chi connectivity index (χ0) is 29.3. The number of nitrogens with zero attached hydrogens (tertiary/aromatic N) is 6. The van der Waals surface area contributed by atoms with E-state index in [-0.39, 0.29) is 19.1 Å². The van der Waals surface area contributed by atoms with Gasteiger partial charge in [0, 0.05) is 51.7 Å². The van der Waals surface area contributed by atoms with Crippen molar-refractivity contribution < 1.29 is 9.90 Å². The van der Waals surface area contributed by atoms with Gasteiger partial charge in [0.15, 0.2) is 0 Å². The Morgan fingerprint density at radius 3 is 2.58 bits per heavy atom. The molecule has 1 saturated heterocycles. The molecule has 1 fully saturated rings. The normalized spacial score (nSPS) is 14.6. The van der Waals surface area contributed by atoms with E-state index in [1.165, 1.54) is 0 Å². The fourth-order valence-corrected chi connectivity index (χ4v) is 4.39. The number of aliphatic hydroxyl groups excluding tert-OH is 1. The Labute approximate surface area is 248 Å². The predicted octanol–water partition coefficient (Wildman–Crippen LogP) is 3.44. The Balaban J connectivity index is 0.00000178. The van der Waals surface area contributed by atoms with E-state index in [2.05, 4.69) is 52.3 Å². The number of amides is 1. The Kier molecular flexibility index (Phi) is 15.6. The van der Waals surface area contributed by atoms with Gasteiger partial charge in [-0.25, -0.2) is 0 Å². The van der Waals surface area contributed by atoms with Gasteiger partial charge in [-0.3, -0.25) is 20.1 Å². The lowest BCUT2D eigenvalue weighted by atomic mass is 10.2. The van der Waals surface area contributed by atoms with Crippen molar-refractivity contribution in [3.63, 3.8) is 0 Å². The summed E-state index contributed by atoms with van der Waals surface area (Å²) >= 11 is 12.7. The molecule has 0 aliphatic carbocycles. The molecule has 220 valence electrons. The highest BCUT2D eigenvalue weighted by Gasteiger charge is 2.22. The number of carbonyl (C=O) groups excluding carboxylic acids is 1. The first-order valence-electron chi connectivity index (χ1n) is 13.6. The summed E-state index contributed by atoms with van der Waals surface area (Å²) in [7, 11) is 2.09. The Hall–Kier alpha value is -2.69. The molecule has 1 aliphatic rings. The maximum Gasteiger partial charge on any atom is 0.236 e. The molecular formula is C29H43Cl2N7O2. The molecule has 0 atom stereocenters. The molecule has 0 radical (unpaired) electrons. The number of carbonyl (C=O) groups is 1. The summed E-state index contributed by atoms with van der Waals surface area (Å²) < 4.78 is 1.88. The molecule has 2 aromatic rings. The van der Waals surface area contributed by atoms with Crippen LogP contribution in [-0.2, 0) is 11.5 Å². The zero-order valence-electron chi connectivity index (χ0n) is 24.1. The Morgan fingerprint density at radius 2 is 1.93 bits per heavy atom. The first kappa shape index (κ1) is 33.5. The van der Waals surface area contributed by atoms with E-state index in [0.717, 1.165) is 42.9 Å². The van der Waals surface area contributed by atoms with Crippen molar-refractivity contribution in [2.75, 3.05) is 70.9 Å². The predicted molar refractivity (Wildman–Crippen MR) is 165 cm³/mol. The van der Waals surface area contributed by atoms with Crippen LogP contribution in [0, 0.1) is 0 Å². The third kappa shape index (κ3) is 11.1. The minimum Gasteiger partial charge on any atom is -0.397 e. The van der Waals surface area contributed by atoms with Crippen LogP contribution in [0.3, 0.4) is 0 Å². The summed E-state index contributed by atoms with van der Waals surface area (Å²) in [6.07, 6.45) is 9.72. The van der Waals surface area contributed by atoms with Gasteiger partial charge in [-0.1, -0.05) is 54.4 Å². The van der Waals surface area contributed by atoms with Crippen molar-refractivity contribution in [1.29, 1.82) is 0 Å². The molecule has 2 N–H and O–H groups in total. The standard InChI is InChI=1S/C27H37Cl2N7O.C2H6O/c1-4-22(8-7-13-33(3)5-2)18-32-26-10-6-9-25(29)36(26)21-31-20-27(37)35-16-14-34(15-17-35)24-11-12-30-19-23(24)28;1-2-3/h4,6-12,19,31H,5,13-18,20-21H2,1-3H3;3H,2H2,1H3/b8-7-,22-4+,32-26?;. The number of likely N-dealkylation sites (N-methyl/N-ethyl adjacent to an activating group) is 1. The summed E-state index contributed by atoms with van der Waals surface area (Å²) in [5.41, 5.74) is 2.85. The number of rotatable bonds is 11. The monoisotopic (exact) mass is 591 g/mol. The SMILES string of the molecule is C/C=C(\C=C/CN(C)CC)CN=c1cccc(Cl)n1CNCC(=O)N1CCN(c2ccncc2Cl)CC1.CCO. The van der Waals surface area contributed by atoms with Gasteiger partial charge in [0.1, 0.15) is 10.6 Å². The van der Waals surface area contributed by atoms with Gasteiger partial charge < -0.3 is 24.4 Å². The lowest BCUT2D eigenvalue weighted by Gasteiger charge is -2.36. The molecular weight excluding hydrogens is 549 g/mol. The molecule has 1 amide bonds. The lowest BCUT2D eigenvalue weighted by Crippen LogP contribution is -2.51. The molecule has 2 aromatic heterocycles. The van der Waals surface area contributed by atoms with Crippen LogP contribution in [0.5, 0.6) is 0 Å². The van der Waals surface area contributed by atoms with Crippen LogP contribution in [-0.4, -0.2) is 96.4 Å². The van der Waals surface area contributed by atoms with Crippen molar-refractivity contribution in [2.24, 2.45) is 4.99 Å². The fraction of sp³-hybridized carbons (Fsp3) is 0.483. The fourth-order valence-electron chi connectivity index (χ4n) is 3.93. The summed E-state index contributed by atoms with van der Waals surface area (Å²) in [5.74, 6) is 0.0602. The largest absolute Gasteiger partial charge is 0.397 e. The van der Waals surface area contributed by atoms with Crippen LogP contribution in [0.25, 0.3) is 0 Å². The topological polar surface area (TPSA) is 89.2 Å². The number of hydrogen-bond acceptors (Lipinski definition) is 7. The van der Waals surface area contributed by atoms with E-state index in [0.29, 0.717) is 36.5 Å². The number of hydrogen-bond donors (Lipinski definition) is 2. The maximum atomic E-state index is 12.8. The van der Waals surface area contributed by atoms with Crippen LogP contribution in [0.4, 0.5) is 5.69 Å². The smallest absolute Gasteiger partial charge is 0.236 e. The highest BCUT2D eigenvalue weighted by molar-refractivity contribution is 6.33. The van der Waals surface area contributed by atoms with E-state index < -0.39 is 0 Å². The van der Waals surface area contributed by atoms with Crippen LogP contribution in [0.2, 0.25) is 10.2 Å². The molecule has 3 heterocycles. The van der Waals surface area contributed by atoms with Crippen LogP contribution in [0.1, 0.15) is 20.8 Å². The van der Waals surface area contributed by atoms with Gasteiger partial charge in [0.25, 0.3) is 0 Å². The molecule has 0 aromatic carbocycles. The summed E-state index contributed by atoms with van der Waals surface area (Å²) in [5, 5.41) is 12.0. The zero-order valence-corrected chi connectivity index (χ0v) is 25.6. The Morgan fingerprint density at radius 1 is 1.20 bits per heavy atom. The minimum absolute atomic E-state index is 0.0602. The third-order valence-electron chi connectivity index (χ3n) is 6.37. The lowest BCUT2D eigenvalue weighted by molar-refractivity contribution is -0.130. The van der Waals surface area contributed by atoms with Crippen LogP contribution < -0.4 is 15.7 Å². The average Bonchev–Trinajstić information content (AvgIpc) is 2.96. The van der Waals surface area contributed by atoms with Crippen molar-refractivity contribution in [3.8, 4) is 0 Å². The molecule has 0 saturated carbocycles. The molecule has 0 unspecified atom stereocenters. The highest BCUT2D eigenvalue weighted by Crippen LogP contribution is 2.25. The molecule has 1 aliphatic heterocycles. The number of pyridine rings is 2. The molecule has 9 nitrogen and oxygen atoms in total. The average molecular weight is 593 g/mol. The van der Waals surface area contributed by atoms with E-state index in [1.54, 1.807) is 19.3 Å². The van der Waals surface area contributed by atoms with E-state index in [4.69, 9.17) is 33.3 Å².